The molecule has 0 aliphatic carbocycles. The topological polar surface area (TPSA) is 46.3 Å². The lowest BCUT2D eigenvalue weighted by Gasteiger charge is -2.23. The van der Waals surface area contributed by atoms with Gasteiger partial charge in [-0.1, -0.05) is 18.2 Å². The van der Waals surface area contributed by atoms with Crippen molar-refractivity contribution in [2.45, 2.75) is 13.5 Å². The van der Waals surface area contributed by atoms with Crippen molar-refractivity contribution in [2.24, 2.45) is 5.73 Å². The minimum atomic E-state index is -0.436. The largest absolute Gasteiger partial charge is 0.367 e. The molecule has 2 aromatic rings. The minimum Gasteiger partial charge on any atom is -0.367 e. The van der Waals surface area contributed by atoms with E-state index in [1.807, 2.05) is 25.1 Å². The minimum absolute atomic E-state index is 0.245. The van der Waals surface area contributed by atoms with E-state index in [0.29, 0.717) is 12.1 Å². The van der Waals surface area contributed by atoms with E-state index in [2.05, 4.69) is 4.90 Å². The Kier molecular flexibility index (Phi) is 4.35. The molecule has 0 bridgehead atoms. The van der Waals surface area contributed by atoms with Gasteiger partial charge in [0.2, 0.25) is 5.91 Å². The molecule has 0 aliphatic heterocycles. The fraction of sp³-hybridized carbons (Fsp3) is 0.188. The van der Waals surface area contributed by atoms with Gasteiger partial charge in [-0.2, -0.15) is 0 Å². The molecule has 0 spiro atoms. The standard InChI is InChI=1S/C16H17FN2O/c1-2-19(15-5-3-4-14(17)10-15)11-12-6-8-13(9-7-12)16(18)20/h3-10H,2,11H2,1H3,(H2,18,20). The Morgan fingerprint density at radius 2 is 1.90 bits per heavy atom. The highest BCUT2D eigenvalue weighted by Crippen LogP contribution is 2.18. The predicted molar refractivity (Wildman–Crippen MR) is 78.1 cm³/mol. The highest BCUT2D eigenvalue weighted by atomic mass is 19.1. The van der Waals surface area contributed by atoms with E-state index in [9.17, 15) is 9.18 Å². The van der Waals surface area contributed by atoms with Gasteiger partial charge in [-0.15, -0.1) is 0 Å². The van der Waals surface area contributed by atoms with Crippen LogP contribution in [0.15, 0.2) is 48.5 Å². The second kappa shape index (κ2) is 6.19. The van der Waals surface area contributed by atoms with Gasteiger partial charge in [0.15, 0.2) is 0 Å². The number of hydrogen-bond acceptors (Lipinski definition) is 2. The van der Waals surface area contributed by atoms with Crippen LogP contribution in [0.3, 0.4) is 0 Å². The number of carbonyl (C=O) groups excluding carboxylic acids is 1. The Morgan fingerprint density at radius 3 is 2.45 bits per heavy atom. The smallest absolute Gasteiger partial charge is 0.248 e. The fourth-order valence-corrected chi connectivity index (χ4v) is 2.05. The Bertz CT molecular complexity index is 596. The van der Waals surface area contributed by atoms with Crippen molar-refractivity contribution in [2.75, 3.05) is 11.4 Å². The zero-order chi connectivity index (χ0) is 14.5. The van der Waals surface area contributed by atoms with Gasteiger partial charge in [0.1, 0.15) is 5.82 Å². The van der Waals surface area contributed by atoms with Crippen molar-refractivity contribution in [3.63, 3.8) is 0 Å². The number of carbonyl (C=O) groups is 1. The van der Waals surface area contributed by atoms with E-state index in [0.717, 1.165) is 17.8 Å². The monoisotopic (exact) mass is 272 g/mol. The summed E-state index contributed by atoms with van der Waals surface area (Å²) in [7, 11) is 0. The summed E-state index contributed by atoms with van der Waals surface area (Å²) < 4.78 is 13.3. The summed E-state index contributed by atoms with van der Waals surface area (Å²) in [5.74, 6) is -0.681. The van der Waals surface area contributed by atoms with Crippen molar-refractivity contribution < 1.29 is 9.18 Å². The Hall–Kier alpha value is -2.36. The maximum Gasteiger partial charge on any atom is 0.248 e. The van der Waals surface area contributed by atoms with Crippen molar-refractivity contribution in [3.8, 4) is 0 Å². The average Bonchev–Trinajstić information content (AvgIpc) is 2.45. The van der Waals surface area contributed by atoms with E-state index in [1.54, 1.807) is 18.2 Å². The number of primary amides is 1. The molecule has 2 aromatic carbocycles. The van der Waals surface area contributed by atoms with Crippen molar-refractivity contribution >= 4 is 11.6 Å². The number of hydrogen-bond donors (Lipinski definition) is 1. The van der Waals surface area contributed by atoms with E-state index in [-0.39, 0.29) is 5.82 Å². The molecule has 0 heterocycles. The molecule has 3 nitrogen and oxygen atoms in total. The molecule has 1 amide bonds. The van der Waals surface area contributed by atoms with E-state index < -0.39 is 5.91 Å². The predicted octanol–water partition coefficient (Wildman–Crippen LogP) is 2.95. The first-order valence-electron chi connectivity index (χ1n) is 6.49. The van der Waals surface area contributed by atoms with Gasteiger partial charge in [0.05, 0.1) is 0 Å². The summed E-state index contributed by atoms with van der Waals surface area (Å²) >= 11 is 0. The van der Waals surface area contributed by atoms with Crippen LogP contribution in [-0.2, 0) is 6.54 Å². The van der Waals surface area contributed by atoms with Crippen LogP contribution in [0, 0.1) is 5.82 Å². The molecule has 0 saturated heterocycles. The number of benzene rings is 2. The van der Waals surface area contributed by atoms with Crippen LogP contribution < -0.4 is 10.6 Å². The summed E-state index contributed by atoms with van der Waals surface area (Å²) in [4.78, 5) is 13.1. The Morgan fingerprint density at radius 1 is 1.20 bits per heavy atom. The highest BCUT2D eigenvalue weighted by Gasteiger charge is 2.07. The third-order valence-electron chi connectivity index (χ3n) is 3.17. The van der Waals surface area contributed by atoms with Crippen molar-refractivity contribution in [1.29, 1.82) is 0 Å². The summed E-state index contributed by atoms with van der Waals surface area (Å²) in [6.45, 7) is 3.43. The molecule has 2 rings (SSSR count). The zero-order valence-corrected chi connectivity index (χ0v) is 11.3. The van der Waals surface area contributed by atoms with E-state index in [4.69, 9.17) is 5.73 Å². The normalized spacial score (nSPS) is 10.3. The Balaban J connectivity index is 2.16. The number of halogens is 1. The van der Waals surface area contributed by atoms with Crippen LogP contribution in [-0.4, -0.2) is 12.5 Å². The quantitative estimate of drug-likeness (QED) is 0.909. The molecule has 0 atom stereocenters. The SMILES string of the molecule is CCN(Cc1ccc(C(N)=O)cc1)c1cccc(F)c1. The molecule has 0 unspecified atom stereocenters. The zero-order valence-electron chi connectivity index (χ0n) is 11.3. The first-order chi connectivity index (χ1) is 9.60. The van der Waals surface area contributed by atoms with Crippen molar-refractivity contribution in [3.05, 3.63) is 65.5 Å². The molecule has 0 aliphatic rings. The second-order valence-corrected chi connectivity index (χ2v) is 4.56. The molecular weight excluding hydrogens is 255 g/mol. The van der Waals surface area contributed by atoms with Gasteiger partial charge in [-0.25, -0.2) is 4.39 Å². The number of anilines is 1. The van der Waals surface area contributed by atoms with Crippen LogP contribution in [0.1, 0.15) is 22.8 Å². The van der Waals surface area contributed by atoms with Crippen LogP contribution in [0.25, 0.3) is 0 Å². The molecule has 104 valence electrons. The van der Waals surface area contributed by atoms with Gasteiger partial charge in [0.25, 0.3) is 0 Å². The lowest BCUT2D eigenvalue weighted by molar-refractivity contribution is 0.100. The summed E-state index contributed by atoms with van der Waals surface area (Å²) in [5.41, 5.74) is 7.58. The van der Waals surface area contributed by atoms with Gasteiger partial charge >= 0.3 is 0 Å². The third-order valence-corrected chi connectivity index (χ3v) is 3.17. The Labute approximate surface area is 117 Å². The molecule has 20 heavy (non-hydrogen) atoms. The second-order valence-electron chi connectivity index (χ2n) is 4.56. The lowest BCUT2D eigenvalue weighted by atomic mass is 10.1. The summed E-state index contributed by atoms with van der Waals surface area (Å²) in [5, 5.41) is 0. The first kappa shape index (κ1) is 14.1. The van der Waals surface area contributed by atoms with Crippen LogP contribution in [0.2, 0.25) is 0 Å². The first-order valence-corrected chi connectivity index (χ1v) is 6.49. The van der Waals surface area contributed by atoms with Gasteiger partial charge in [-0.05, 0) is 42.8 Å². The molecule has 2 N–H and O–H groups in total. The number of rotatable bonds is 5. The molecule has 0 saturated carbocycles. The summed E-state index contributed by atoms with van der Waals surface area (Å²) in [6, 6.07) is 13.7. The lowest BCUT2D eigenvalue weighted by Crippen LogP contribution is -2.22. The third kappa shape index (κ3) is 3.35. The average molecular weight is 272 g/mol. The molecule has 0 fully saturated rings. The van der Waals surface area contributed by atoms with Crippen LogP contribution >= 0.6 is 0 Å². The molecular formula is C16H17FN2O. The maximum atomic E-state index is 13.3. The van der Waals surface area contributed by atoms with Crippen molar-refractivity contribution in [1.82, 2.24) is 0 Å². The van der Waals surface area contributed by atoms with E-state index in [1.165, 1.54) is 12.1 Å². The maximum absolute atomic E-state index is 13.3. The van der Waals surface area contributed by atoms with Gasteiger partial charge in [0, 0.05) is 24.3 Å². The van der Waals surface area contributed by atoms with Crippen LogP contribution in [0.4, 0.5) is 10.1 Å². The van der Waals surface area contributed by atoms with Gasteiger partial charge in [-0.3, -0.25) is 4.79 Å². The van der Waals surface area contributed by atoms with Gasteiger partial charge < -0.3 is 10.6 Å². The molecule has 4 heteroatoms. The molecule has 0 radical (unpaired) electrons. The van der Waals surface area contributed by atoms with E-state index >= 15 is 0 Å². The fourth-order valence-electron chi connectivity index (χ4n) is 2.05. The highest BCUT2D eigenvalue weighted by molar-refractivity contribution is 5.92. The molecule has 0 aromatic heterocycles. The number of nitrogens with two attached hydrogens (primary N) is 1. The number of nitrogens with zero attached hydrogens (tertiary/aromatic N) is 1. The summed E-state index contributed by atoms with van der Waals surface area (Å²) in [6.07, 6.45) is 0. The number of amides is 1. The van der Waals surface area contributed by atoms with Crippen LogP contribution in [0.5, 0.6) is 0 Å².